The van der Waals surface area contributed by atoms with E-state index in [9.17, 15) is 5.11 Å². The van der Waals surface area contributed by atoms with Crippen LogP contribution in [0.2, 0.25) is 0 Å². The highest BCUT2D eigenvalue weighted by Crippen LogP contribution is 2.28. The van der Waals surface area contributed by atoms with Crippen molar-refractivity contribution in [3.8, 4) is 11.3 Å². The van der Waals surface area contributed by atoms with Gasteiger partial charge in [-0.2, -0.15) is 0 Å². The van der Waals surface area contributed by atoms with Gasteiger partial charge in [0.1, 0.15) is 0 Å². The lowest BCUT2D eigenvalue weighted by Crippen LogP contribution is -2.11. The van der Waals surface area contributed by atoms with Crippen LogP contribution in [0.15, 0.2) is 36.4 Å². The maximum absolute atomic E-state index is 9.67. The molecule has 1 atom stereocenters. The van der Waals surface area contributed by atoms with E-state index in [2.05, 4.69) is 50.9 Å². The van der Waals surface area contributed by atoms with Crippen molar-refractivity contribution in [2.75, 3.05) is 0 Å². The van der Waals surface area contributed by atoms with Crippen molar-refractivity contribution in [1.29, 1.82) is 0 Å². The number of rotatable bonds is 2. The minimum atomic E-state index is -0.540. The van der Waals surface area contributed by atoms with Crippen LogP contribution in [0.4, 0.5) is 0 Å². The van der Waals surface area contributed by atoms with Crippen LogP contribution in [0, 0.1) is 6.92 Å². The van der Waals surface area contributed by atoms with Crippen LogP contribution >= 0.6 is 0 Å². The second kappa shape index (κ2) is 5.37. The van der Waals surface area contributed by atoms with Gasteiger partial charge in [-0.25, -0.2) is 0 Å². The van der Waals surface area contributed by atoms with Crippen molar-refractivity contribution in [2.45, 2.75) is 46.1 Å². The molecule has 106 valence electrons. The Hall–Kier alpha value is -1.67. The van der Waals surface area contributed by atoms with Gasteiger partial charge in [0.05, 0.1) is 17.5 Å². The molecule has 1 unspecified atom stereocenters. The fourth-order valence-corrected chi connectivity index (χ4v) is 2.21. The third kappa shape index (κ3) is 3.26. The van der Waals surface area contributed by atoms with Crippen molar-refractivity contribution < 1.29 is 5.11 Å². The number of pyridine rings is 1. The molecule has 0 amide bonds. The van der Waals surface area contributed by atoms with Gasteiger partial charge in [0.15, 0.2) is 0 Å². The van der Waals surface area contributed by atoms with Gasteiger partial charge in [0.2, 0.25) is 0 Å². The van der Waals surface area contributed by atoms with E-state index in [1.165, 1.54) is 11.1 Å². The Morgan fingerprint density at radius 2 is 1.80 bits per heavy atom. The van der Waals surface area contributed by atoms with Crippen molar-refractivity contribution >= 4 is 0 Å². The highest BCUT2D eigenvalue weighted by atomic mass is 16.3. The fraction of sp³-hybridized carbons (Fsp3) is 0.389. The SMILES string of the molecule is Cc1cc(-c2cccc(C(C)O)n2)cc(C(C)(C)C)c1. The number of aryl methyl sites for hydroxylation is 1. The first-order valence-electron chi connectivity index (χ1n) is 7.05. The summed E-state index contributed by atoms with van der Waals surface area (Å²) < 4.78 is 0. The monoisotopic (exact) mass is 269 g/mol. The van der Waals surface area contributed by atoms with E-state index < -0.39 is 6.10 Å². The number of aromatic nitrogens is 1. The topological polar surface area (TPSA) is 33.1 Å². The number of hydrogen-bond acceptors (Lipinski definition) is 2. The third-order valence-electron chi connectivity index (χ3n) is 3.44. The number of aliphatic hydroxyl groups excluding tert-OH is 1. The van der Waals surface area contributed by atoms with Crippen LogP contribution in [0.5, 0.6) is 0 Å². The molecule has 0 saturated heterocycles. The van der Waals surface area contributed by atoms with E-state index in [4.69, 9.17) is 0 Å². The van der Waals surface area contributed by atoms with Crippen LogP contribution in [0.3, 0.4) is 0 Å². The van der Waals surface area contributed by atoms with Gasteiger partial charge in [-0.15, -0.1) is 0 Å². The summed E-state index contributed by atoms with van der Waals surface area (Å²) in [5, 5.41) is 9.67. The lowest BCUT2D eigenvalue weighted by atomic mass is 9.85. The van der Waals surface area contributed by atoms with Gasteiger partial charge in [-0.3, -0.25) is 4.98 Å². The quantitative estimate of drug-likeness (QED) is 0.876. The summed E-state index contributed by atoms with van der Waals surface area (Å²) in [5.74, 6) is 0. The van der Waals surface area contributed by atoms with Crippen LogP contribution in [-0.2, 0) is 5.41 Å². The highest BCUT2D eigenvalue weighted by molar-refractivity contribution is 5.62. The molecule has 0 radical (unpaired) electrons. The van der Waals surface area contributed by atoms with Crippen LogP contribution in [-0.4, -0.2) is 10.1 Å². The van der Waals surface area contributed by atoms with Crippen LogP contribution in [0.25, 0.3) is 11.3 Å². The summed E-state index contributed by atoms with van der Waals surface area (Å²) in [6, 6.07) is 12.4. The largest absolute Gasteiger partial charge is 0.387 e. The maximum atomic E-state index is 9.67. The minimum Gasteiger partial charge on any atom is -0.387 e. The Morgan fingerprint density at radius 1 is 1.10 bits per heavy atom. The molecule has 2 rings (SSSR count). The molecule has 0 aliphatic carbocycles. The molecular formula is C18H23NO. The molecule has 0 aliphatic heterocycles. The average molecular weight is 269 g/mol. The Balaban J connectivity index is 2.53. The number of hydrogen-bond donors (Lipinski definition) is 1. The molecule has 1 aromatic carbocycles. The minimum absolute atomic E-state index is 0.114. The van der Waals surface area contributed by atoms with Crippen molar-refractivity contribution in [1.82, 2.24) is 4.98 Å². The molecule has 2 nitrogen and oxygen atoms in total. The summed E-state index contributed by atoms with van der Waals surface area (Å²) in [5.41, 5.74) is 5.38. The zero-order valence-electron chi connectivity index (χ0n) is 12.9. The number of nitrogens with zero attached hydrogens (tertiary/aromatic N) is 1. The van der Waals surface area contributed by atoms with Gasteiger partial charge in [-0.05, 0) is 49.1 Å². The Morgan fingerprint density at radius 3 is 2.40 bits per heavy atom. The predicted octanol–water partition coefficient (Wildman–Crippen LogP) is 4.41. The maximum Gasteiger partial charge on any atom is 0.0932 e. The number of benzene rings is 1. The third-order valence-corrected chi connectivity index (χ3v) is 3.44. The Bertz CT molecular complexity index is 609. The summed E-state index contributed by atoms with van der Waals surface area (Å²) in [6.07, 6.45) is -0.540. The molecular weight excluding hydrogens is 246 g/mol. The Kier molecular flexibility index (Phi) is 3.96. The van der Waals surface area contributed by atoms with E-state index in [-0.39, 0.29) is 5.41 Å². The van der Waals surface area contributed by atoms with E-state index in [0.29, 0.717) is 5.69 Å². The molecule has 1 aromatic heterocycles. The lowest BCUT2D eigenvalue weighted by molar-refractivity contribution is 0.194. The first-order valence-corrected chi connectivity index (χ1v) is 7.05. The molecule has 20 heavy (non-hydrogen) atoms. The van der Waals surface area contributed by atoms with Gasteiger partial charge < -0.3 is 5.11 Å². The summed E-state index contributed by atoms with van der Waals surface area (Å²) in [4.78, 5) is 4.56. The average Bonchev–Trinajstić information content (AvgIpc) is 2.37. The first kappa shape index (κ1) is 14.7. The molecule has 2 aromatic rings. The zero-order valence-corrected chi connectivity index (χ0v) is 12.9. The molecule has 0 spiro atoms. The van der Waals surface area contributed by atoms with E-state index >= 15 is 0 Å². The summed E-state index contributed by atoms with van der Waals surface area (Å²) in [7, 11) is 0. The second-order valence-corrected chi connectivity index (χ2v) is 6.46. The van der Waals surface area contributed by atoms with Gasteiger partial charge in [-0.1, -0.05) is 38.5 Å². The normalized spacial score (nSPS) is 13.3. The summed E-state index contributed by atoms with van der Waals surface area (Å²) >= 11 is 0. The number of aliphatic hydroxyl groups is 1. The molecule has 0 aliphatic rings. The Labute approximate surface area is 121 Å². The van der Waals surface area contributed by atoms with Crippen molar-refractivity contribution in [3.05, 3.63) is 53.2 Å². The summed E-state index contributed by atoms with van der Waals surface area (Å²) in [6.45, 7) is 10.5. The van der Waals surface area contributed by atoms with E-state index in [0.717, 1.165) is 11.3 Å². The molecule has 1 N–H and O–H groups in total. The van der Waals surface area contributed by atoms with Crippen molar-refractivity contribution in [2.24, 2.45) is 0 Å². The molecule has 0 saturated carbocycles. The van der Waals surface area contributed by atoms with Crippen molar-refractivity contribution in [3.63, 3.8) is 0 Å². The van der Waals surface area contributed by atoms with Gasteiger partial charge in [0, 0.05) is 5.56 Å². The van der Waals surface area contributed by atoms with E-state index in [1.54, 1.807) is 6.92 Å². The van der Waals surface area contributed by atoms with Crippen LogP contribution in [0.1, 0.15) is 50.6 Å². The fourth-order valence-electron chi connectivity index (χ4n) is 2.21. The zero-order chi connectivity index (χ0) is 14.9. The molecule has 0 bridgehead atoms. The molecule has 1 heterocycles. The lowest BCUT2D eigenvalue weighted by Gasteiger charge is -2.21. The molecule has 2 heteroatoms. The van der Waals surface area contributed by atoms with Crippen LogP contribution < -0.4 is 0 Å². The predicted molar refractivity (Wildman–Crippen MR) is 83.7 cm³/mol. The standard InChI is InChI=1S/C18H23NO/c1-12-9-14(11-15(10-12)18(3,4)5)17-8-6-7-16(19-17)13(2)20/h6-11,13,20H,1-5H3. The van der Waals surface area contributed by atoms with Gasteiger partial charge >= 0.3 is 0 Å². The first-order chi connectivity index (χ1) is 9.27. The second-order valence-electron chi connectivity index (χ2n) is 6.46. The van der Waals surface area contributed by atoms with E-state index in [1.807, 2.05) is 18.2 Å². The smallest absolute Gasteiger partial charge is 0.0932 e. The highest BCUT2D eigenvalue weighted by Gasteiger charge is 2.15. The molecule has 0 fully saturated rings. The van der Waals surface area contributed by atoms with Gasteiger partial charge in [0.25, 0.3) is 0 Å².